The van der Waals surface area contributed by atoms with E-state index in [-0.39, 0.29) is 35.2 Å². The number of morpholine rings is 2. The molecule has 0 aromatic carbocycles. The molecule has 218 valence electrons. The first kappa shape index (κ1) is 28.4. The second kappa shape index (κ2) is 11.8. The van der Waals surface area contributed by atoms with Gasteiger partial charge in [-0.3, -0.25) is 4.79 Å². The van der Waals surface area contributed by atoms with Crippen molar-refractivity contribution in [3.05, 3.63) is 47.9 Å². The first-order chi connectivity index (χ1) is 19.6. The molecule has 5 heterocycles. The molecule has 5 rings (SSSR count). The largest absolute Gasteiger partial charge is 0.418 e. The number of halogens is 3. The lowest BCUT2D eigenvalue weighted by Gasteiger charge is -2.36. The topological polar surface area (TPSA) is 158 Å². The summed E-state index contributed by atoms with van der Waals surface area (Å²) in [5, 5.41) is 2.68. The van der Waals surface area contributed by atoms with Gasteiger partial charge in [0, 0.05) is 38.4 Å². The predicted molar refractivity (Wildman–Crippen MR) is 146 cm³/mol. The van der Waals surface area contributed by atoms with E-state index in [0.29, 0.717) is 57.5 Å². The molecule has 41 heavy (non-hydrogen) atoms. The van der Waals surface area contributed by atoms with Crippen molar-refractivity contribution in [3.63, 3.8) is 0 Å². The van der Waals surface area contributed by atoms with Crippen molar-refractivity contribution in [2.24, 2.45) is 5.73 Å². The zero-order valence-electron chi connectivity index (χ0n) is 22.3. The Balaban J connectivity index is 1.46. The summed E-state index contributed by atoms with van der Waals surface area (Å²) in [6.07, 6.45) is -2.36. The Bertz CT molecular complexity index is 1400. The Hall–Kier alpha value is -4.08. The zero-order chi connectivity index (χ0) is 29.1. The van der Waals surface area contributed by atoms with Gasteiger partial charge in [0.25, 0.3) is 5.91 Å². The van der Waals surface area contributed by atoms with Gasteiger partial charge in [-0.2, -0.15) is 13.2 Å². The molecule has 12 nitrogen and oxygen atoms in total. The van der Waals surface area contributed by atoms with Crippen molar-refractivity contribution >= 4 is 29.0 Å². The number of nitrogens with one attached hydrogen (secondary N) is 1. The highest BCUT2D eigenvalue weighted by atomic mass is 19.4. The molecular formula is C26H30F3N9O3. The van der Waals surface area contributed by atoms with Crippen LogP contribution in [0.15, 0.2) is 36.7 Å². The number of ether oxygens (including phenoxy) is 2. The molecule has 2 saturated heterocycles. The SMILES string of the molecule is CC(N)[C@H]1CN(c2cccnc2NC(=O)c2nc(-c3nc(N4CCOCC4)ccc3C(F)(F)F)cnc2N)CCO1. The molecule has 2 atom stereocenters. The van der Waals surface area contributed by atoms with Crippen molar-refractivity contribution in [3.8, 4) is 11.4 Å². The number of nitrogens with two attached hydrogens (primary N) is 2. The van der Waals surface area contributed by atoms with Gasteiger partial charge in [-0.25, -0.2) is 19.9 Å². The van der Waals surface area contributed by atoms with Crippen LogP contribution in [0.25, 0.3) is 11.4 Å². The third-order valence-electron chi connectivity index (χ3n) is 6.82. The van der Waals surface area contributed by atoms with Crippen LogP contribution in [0.2, 0.25) is 0 Å². The number of nitrogen functional groups attached to an aromatic ring is 1. The van der Waals surface area contributed by atoms with Crippen LogP contribution < -0.4 is 26.6 Å². The van der Waals surface area contributed by atoms with Gasteiger partial charge >= 0.3 is 6.18 Å². The molecular weight excluding hydrogens is 543 g/mol. The molecule has 5 N–H and O–H groups in total. The van der Waals surface area contributed by atoms with Gasteiger partial charge in [-0.05, 0) is 31.2 Å². The minimum absolute atomic E-state index is 0.206. The fraction of sp³-hybridized carbons (Fsp3) is 0.423. The zero-order valence-corrected chi connectivity index (χ0v) is 22.3. The minimum Gasteiger partial charge on any atom is -0.382 e. The standard InChI is InChI=1S/C26H30F3N9O3/c1-15(30)19-14-38(9-12-41-19)18-3-2-6-32-24(18)36-25(39)22-23(31)33-13-17(34-22)21-16(26(27,28)29)4-5-20(35-21)37-7-10-40-11-8-37/h2-6,13,15,19H,7-12,14,30H2,1H3,(H2,31,33)(H,32,36,39)/t15?,19-/m1/s1. The molecule has 0 spiro atoms. The number of hydrogen-bond acceptors (Lipinski definition) is 11. The third kappa shape index (κ3) is 6.31. The van der Waals surface area contributed by atoms with Gasteiger partial charge < -0.3 is 36.1 Å². The Morgan fingerprint density at radius 3 is 2.59 bits per heavy atom. The summed E-state index contributed by atoms with van der Waals surface area (Å²) < 4.78 is 53.0. The lowest BCUT2D eigenvalue weighted by atomic mass is 10.1. The normalized spacial score (nSPS) is 18.7. The molecule has 0 aliphatic carbocycles. The van der Waals surface area contributed by atoms with Crippen LogP contribution in [0.5, 0.6) is 0 Å². The maximum absolute atomic E-state index is 14.0. The molecule has 1 unspecified atom stereocenters. The first-order valence-electron chi connectivity index (χ1n) is 13.0. The molecule has 2 aliphatic heterocycles. The Labute approximate surface area is 233 Å². The monoisotopic (exact) mass is 573 g/mol. The van der Waals surface area contributed by atoms with Crippen LogP contribution in [0, 0.1) is 0 Å². The number of carbonyl (C=O) groups is 1. The highest BCUT2D eigenvalue weighted by Gasteiger charge is 2.36. The summed E-state index contributed by atoms with van der Waals surface area (Å²) in [6.45, 7) is 5.11. The summed E-state index contributed by atoms with van der Waals surface area (Å²) in [6, 6.07) is 5.56. The van der Waals surface area contributed by atoms with E-state index in [1.807, 2.05) is 16.7 Å². The van der Waals surface area contributed by atoms with E-state index in [9.17, 15) is 18.0 Å². The third-order valence-corrected chi connectivity index (χ3v) is 6.82. The van der Waals surface area contributed by atoms with Crippen molar-refractivity contribution in [1.29, 1.82) is 0 Å². The molecule has 0 radical (unpaired) electrons. The fourth-order valence-corrected chi connectivity index (χ4v) is 4.65. The van der Waals surface area contributed by atoms with E-state index < -0.39 is 23.3 Å². The molecule has 15 heteroatoms. The first-order valence-corrected chi connectivity index (χ1v) is 13.0. The molecule has 3 aromatic rings. The van der Waals surface area contributed by atoms with Crippen LogP contribution in [0.3, 0.4) is 0 Å². The van der Waals surface area contributed by atoms with Crippen molar-refractivity contribution < 1.29 is 27.4 Å². The average molecular weight is 574 g/mol. The summed E-state index contributed by atoms with van der Waals surface area (Å²) in [7, 11) is 0. The van der Waals surface area contributed by atoms with Crippen molar-refractivity contribution in [2.45, 2.75) is 25.2 Å². The number of aromatic nitrogens is 4. The Morgan fingerprint density at radius 2 is 1.85 bits per heavy atom. The lowest BCUT2D eigenvalue weighted by Crippen LogP contribution is -2.49. The number of carbonyl (C=O) groups excluding carboxylic acids is 1. The van der Waals surface area contributed by atoms with Crippen LogP contribution in [-0.4, -0.2) is 84.0 Å². The lowest BCUT2D eigenvalue weighted by molar-refractivity contribution is -0.137. The van der Waals surface area contributed by atoms with E-state index in [0.717, 1.165) is 12.3 Å². The number of rotatable bonds is 6. The van der Waals surface area contributed by atoms with E-state index in [4.69, 9.17) is 20.9 Å². The fourth-order valence-electron chi connectivity index (χ4n) is 4.65. The predicted octanol–water partition coefficient (Wildman–Crippen LogP) is 2.18. The van der Waals surface area contributed by atoms with Crippen molar-refractivity contribution in [2.75, 3.05) is 66.8 Å². The maximum Gasteiger partial charge on any atom is 0.418 e. The molecule has 2 aliphatic rings. The highest BCUT2D eigenvalue weighted by molar-refractivity contribution is 6.06. The number of pyridine rings is 2. The Kier molecular flexibility index (Phi) is 8.19. The van der Waals surface area contributed by atoms with Gasteiger partial charge in [-0.15, -0.1) is 0 Å². The number of nitrogens with zero attached hydrogens (tertiary/aromatic N) is 6. The van der Waals surface area contributed by atoms with Gasteiger partial charge in [0.05, 0.1) is 43.4 Å². The number of hydrogen-bond donors (Lipinski definition) is 3. The van der Waals surface area contributed by atoms with Gasteiger partial charge in [0.1, 0.15) is 17.2 Å². The van der Waals surface area contributed by atoms with Crippen LogP contribution in [-0.2, 0) is 15.7 Å². The summed E-state index contributed by atoms with van der Waals surface area (Å²) in [4.78, 5) is 33.9. The van der Waals surface area contributed by atoms with Crippen molar-refractivity contribution in [1.82, 2.24) is 19.9 Å². The second-order valence-electron chi connectivity index (χ2n) is 9.69. The van der Waals surface area contributed by atoms with E-state index >= 15 is 0 Å². The van der Waals surface area contributed by atoms with Crippen LogP contribution in [0.1, 0.15) is 23.0 Å². The summed E-state index contributed by atoms with van der Waals surface area (Å²) >= 11 is 0. The molecule has 2 fully saturated rings. The second-order valence-corrected chi connectivity index (χ2v) is 9.69. The maximum atomic E-state index is 14.0. The van der Waals surface area contributed by atoms with E-state index in [2.05, 4.69) is 25.3 Å². The van der Waals surface area contributed by atoms with Crippen LogP contribution in [0.4, 0.5) is 36.3 Å². The van der Waals surface area contributed by atoms with E-state index in [1.54, 1.807) is 12.1 Å². The Morgan fingerprint density at radius 1 is 1.10 bits per heavy atom. The van der Waals surface area contributed by atoms with Gasteiger partial charge in [0.15, 0.2) is 17.3 Å². The number of amides is 1. The van der Waals surface area contributed by atoms with Gasteiger partial charge in [0.2, 0.25) is 0 Å². The average Bonchev–Trinajstić information content (AvgIpc) is 2.97. The molecule has 1 amide bonds. The van der Waals surface area contributed by atoms with E-state index in [1.165, 1.54) is 12.3 Å². The highest BCUT2D eigenvalue weighted by Crippen LogP contribution is 2.37. The number of anilines is 4. The summed E-state index contributed by atoms with van der Waals surface area (Å²) in [5.74, 6) is -0.496. The molecule has 3 aromatic heterocycles. The van der Waals surface area contributed by atoms with Crippen LogP contribution >= 0.6 is 0 Å². The summed E-state index contributed by atoms with van der Waals surface area (Å²) in [5.41, 5.74) is 10.5. The minimum atomic E-state index is -4.72. The molecule has 0 saturated carbocycles. The number of alkyl halides is 3. The van der Waals surface area contributed by atoms with Gasteiger partial charge in [-0.1, -0.05) is 0 Å². The molecule has 0 bridgehead atoms. The quantitative estimate of drug-likeness (QED) is 0.397. The smallest absolute Gasteiger partial charge is 0.382 e.